The second-order valence-corrected chi connectivity index (χ2v) is 6.84. The molecule has 0 saturated carbocycles. The molecule has 0 radical (unpaired) electrons. The first-order chi connectivity index (χ1) is 11.1. The smallest absolute Gasteiger partial charge is 0.222 e. The zero-order valence-electron chi connectivity index (χ0n) is 14.6. The Hall–Kier alpha value is -1.39. The highest BCUT2D eigenvalue weighted by Gasteiger charge is 2.18. The normalized spacial score (nSPS) is 15.8. The van der Waals surface area contributed by atoms with Gasteiger partial charge in [0.15, 0.2) is 0 Å². The molecule has 1 amide bonds. The number of likely N-dealkylation sites (N-methyl/N-ethyl adjacent to an activating group) is 1. The van der Waals surface area contributed by atoms with Gasteiger partial charge in [0.25, 0.3) is 0 Å². The van der Waals surface area contributed by atoms with Crippen LogP contribution in [0.5, 0.6) is 0 Å². The number of piperidine rings is 1. The predicted molar refractivity (Wildman–Crippen MR) is 95.2 cm³/mol. The standard InChI is InChI=1S/C19H31N3O/c1-21(2)14-15-22(16-18-6-4-3-5-7-18)19(23)9-8-17-10-12-20-13-11-17/h3-7,17,20H,8-16H2,1-2H3. The summed E-state index contributed by atoms with van der Waals surface area (Å²) < 4.78 is 0. The molecule has 4 heteroatoms. The minimum atomic E-state index is 0.300. The van der Waals surface area contributed by atoms with E-state index in [1.165, 1.54) is 18.4 Å². The van der Waals surface area contributed by atoms with Gasteiger partial charge in [0, 0.05) is 26.1 Å². The largest absolute Gasteiger partial charge is 0.337 e. The van der Waals surface area contributed by atoms with Crippen molar-refractivity contribution in [1.29, 1.82) is 0 Å². The van der Waals surface area contributed by atoms with Crippen molar-refractivity contribution >= 4 is 5.91 Å². The Morgan fingerprint density at radius 2 is 1.83 bits per heavy atom. The fraction of sp³-hybridized carbons (Fsp3) is 0.632. The van der Waals surface area contributed by atoms with Crippen molar-refractivity contribution in [2.75, 3.05) is 40.3 Å². The summed E-state index contributed by atoms with van der Waals surface area (Å²) in [6, 6.07) is 10.3. The molecule has 1 aliphatic rings. The zero-order valence-corrected chi connectivity index (χ0v) is 14.6. The first-order valence-corrected chi connectivity index (χ1v) is 8.82. The fourth-order valence-electron chi connectivity index (χ4n) is 3.07. The maximum absolute atomic E-state index is 12.7. The van der Waals surface area contributed by atoms with Gasteiger partial charge in [-0.15, -0.1) is 0 Å². The number of hydrogen-bond donors (Lipinski definition) is 1. The second-order valence-electron chi connectivity index (χ2n) is 6.84. The van der Waals surface area contributed by atoms with Crippen LogP contribution in [0.2, 0.25) is 0 Å². The minimum absolute atomic E-state index is 0.300. The maximum atomic E-state index is 12.7. The molecule has 128 valence electrons. The van der Waals surface area contributed by atoms with E-state index < -0.39 is 0 Å². The van der Waals surface area contributed by atoms with Gasteiger partial charge in [0.2, 0.25) is 5.91 Å². The van der Waals surface area contributed by atoms with E-state index in [1.807, 2.05) is 23.1 Å². The Labute approximate surface area is 140 Å². The average Bonchev–Trinajstić information content (AvgIpc) is 2.58. The summed E-state index contributed by atoms with van der Waals surface area (Å²) in [5.41, 5.74) is 1.21. The van der Waals surface area contributed by atoms with E-state index in [2.05, 4.69) is 36.4 Å². The van der Waals surface area contributed by atoms with Crippen LogP contribution in [-0.4, -0.2) is 56.0 Å². The van der Waals surface area contributed by atoms with E-state index in [9.17, 15) is 4.79 Å². The Morgan fingerprint density at radius 3 is 2.48 bits per heavy atom. The molecular weight excluding hydrogens is 286 g/mol. The Kier molecular flexibility index (Phi) is 7.56. The van der Waals surface area contributed by atoms with Crippen molar-refractivity contribution in [2.45, 2.75) is 32.2 Å². The van der Waals surface area contributed by atoms with Crippen molar-refractivity contribution < 1.29 is 4.79 Å². The van der Waals surface area contributed by atoms with Gasteiger partial charge < -0.3 is 15.1 Å². The van der Waals surface area contributed by atoms with Crippen molar-refractivity contribution in [3.05, 3.63) is 35.9 Å². The Morgan fingerprint density at radius 1 is 1.13 bits per heavy atom. The molecule has 23 heavy (non-hydrogen) atoms. The number of benzene rings is 1. The molecule has 1 saturated heterocycles. The molecule has 1 fully saturated rings. The highest BCUT2D eigenvalue weighted by molar-refractivity contribution is 5.76. The van der Waals surface area contributed by atoms with Crippen LogP contribution in [0.1, 0.15) is 31.2 Å². The lowest BCUT2D eigenvalue weighted by Crippen LogP contribution is -2.36. The van der Waals surface area contributed by atoms with Crippen LogP contribution in [0.4, 0.5) is 0 Å². The molecule has 1 aromatic rings. The number of carbonyl (C=O) groups excluding carboxylic acids is 1. The van der Waals surface area contributed by atoms with Crippen LogP contribution in [0.15, 0.2) is 30.3 Å². The zero-order chi connectivity index (χ0) is 16.5. The van der Waals surface area contributed by atoms with Crippen LogP contribution in [0.25, 0.3) is 0 Å². The van der Waals surface area contributed by atoms with E-state index in [-0.39, 0.29) is 0 Å². The molecule has 0 spiro atoms. The van der Waals surface area contributed by atoms with E-state index in [4.69, 9.17) is 0 Å². The summed E-state index contributed by atoms with van der Waals surface area (Å²) in [7, 11) is 4.11. The van der Waals surface area contributed by atoms with E-state index in [0.29, 0.717) is 18.2 Å². The molecule has 0 atom stereocenters. The lowest BCUT2D eigenvalue weighted by Gasteiger charge is -2.27. The number of nitrogens with zero attached hydrogens (tertiary/aromatic N) is 2. The van der Waals surface area contributed by atoms with Crippen molar-refractivity contribution in [3.8, 4) is 0 Å². The quantitative estimate of drug-likeness (QED) is 0.799. The molecule has 1 aliphatic heterocycles. The van der Waals surface area contributed by atoms with E-state index >= 15 is 0 Å². The number of carbonyl (C=O) groups is 1. The first kappa shape index (κ1) is 18.0. The van der Waals surface area contributed by atoms with Gasteiger partial charge in [-0.25, -0.2) is 0 Å². The minimum Gasteiger partial charge on any atom is -0.337 e. The summed E-state index contributed by atoms with van der Waals surface area (Å²) in [6.45, 7) is 4.64. The van der Waals surface area contributed by atoms with Gasteiger partial charge in [-0.3, -0.25) is 4.79 Å². The van der Waals surface area contributed by atoms with Crippen molar-refractivity contribution in [3.63, 3.8) is 0 Å². The fourth-order valence-corrected chi connectivity index (χ4v) is 3.07. The van der Waals surface area contributed by atoms with E-state index in [1.54, 1.807) is 0 Å². The van der Waals surface area contributed by atoms with Crippen molar-refractivity contribution in [1.82, 2.24) is 15.1 Å². The summed E-state index contributed by atoms with van der Waals surface area (Å²) >= 11 is 0. The topological polar surface area (TPSA) is 35.6 Å². The molecule has 1 N–H and O–H groups in total. The molecule has 0 aliphatic carbocycles. The molecule has 4 nitrogen and oxygen atoms in total. The van der Waals surface area contributed by atoms with E-state index in [0.717, 1.165) is 39.1 Å². The third-order valence-corrected chi connectivity index (χ3v) is 4.61. The third-order valence-electron chi connectivity index (χ3n) is 4.61. The summed E-state index contributed by atoms with van der Waals surface area (Å²) in [4.78, 5) is 16.9. The third kappa shape index (κ3) is 6.71. The number of amides is 1. The van der Waals surface area contributed by atoms with Crippen LogP contribution in [-0.2, 0) is 11.3 Å². The molecular formula is C19H31N3O. The SMILES string of the molecule is CN(C)CCN(Cc1ccccc1)C(=O)CCC1CCNCC1. The molecule has 1 aromatic carbocycles. The number of rotatable bonds is 8. The highest BCUT2D eigenvalue weighted by Crippen LogP contribution is 2.19. The second kappa shape index (κ2) is 9.68. The van der Waals surface area contributed by atoms with Gasteiger partial charge in [-0.05, 0) is 57.9 Å². The first-order valence-electron chi connectivity index (χ1n) is 8.82. The van der Waals surface area contributed by atoms with Crippen LogP contribution in [0, 0.1) is 5.92 Å². The lowest BCUT2D eigenvalue weighted by molar-refractivity contribution is -0.132. The number of nitrogens with one attached hydrogen (secondary N) is 1. The van der Waals surface area contributed by atoms with Crippen LogP contribution < -0.4 is 5.32 Å². The van der Waals surface area contributed by atoms with Gasteiger partial charge in [0.1, 0.15) is 0 Å². The molecule has 2 rings (SSSR count). The Balaban J connectivity index is 1.87. The maximum Gasteiger partial charge on any atom is 0.222 e. The molecule has 0 bridgehead atoms. The van der Waals surface area contributed by atoms with Gasteiger partial charge in [0.05, 0.1) is 0 Å². The summed E-state index contributed by atoms with van der Waals surface area (Å²) in [5, 5.41) is 3.39. The number of hydrogen-bond acceptors (Lipinski definition) is 3. The average molecular weight is 317 g/mol. The Bertz CT molecular complexity index is 455. The summed E-state index contributed by atoms with van der Waals surface area (Å²) in [5.74, 6) is 1.02. The summed E-state index contributed by atoms with van der Waals surface area (Å²) in [6.07, 6.45) is 4.14. The van der Waals surface area contributed by atoms with Gasteiger partial charge in [-0.2, -0.15) is 0 Å². The molecule has 1 heterocycles. The van der Waals surface area contributed by atoms with Crippen LogP contribution >= 0.6 is 0 Å². The molecule has 0 unspecified atom stereocenters. The lowest BCUT2D eigenvalue weighted by atomic mass is 9.93. The van der Waals surface area contributed by atoms with Gasteiger partial charge >= 0.3 is 0 Å². The highest BCUT2D eigenvalue weighted by atomic mass is 16.2. The van der Waals surface area contributed by atoms with Crippen LogP contribution in [0.3, 0.4) is 0 Å². The van der Waals surface area contributed by atoms with Gasteiger partial charge in [-0.1, -0.05) is 30.3 Å². The monoisotopic (exact) mass is 317 g/mol. The van der Waals surface area contributed by atoms with Crippen molar-refractivity contribution in [2.24, 2.45) is 5.92 Å². The predicted octanol–water partition coefficient (Wildman–Crippen LogP) is 2.36. The molecule has 0 aromatic heterocycles.